The van der Waals surface area contributed by atoms with Crippen LogP contribution in [-0.4, -0.2) is 37.6 Å². The van der Waals surface area contributed by atoms with Crippen molar-refractivity contribution in [3.05, 3.63) is 0 Å². The number of aliphatic hydroxyl groups is 1. The quantitative estimate of drug-likeness (QED) is 0.819. The standard InChI is InChI=1S/C22H38O3/c1-21-11-9-17-16-10-12-22(23,14-24-2)13-15(16)7-8-18(17)19(21)5-4-6-20(21)25-3/h15-20,23H,4-14H2,1-3H3/t15-,16+,17-,18-,19+,20+,21+,22-/m1/s1. The van der Waals surface area contributed by atoms with E-state index in [4.69, 9.17) is 9.47 Å². The lowest BCUT2D eigenvalue weighted by atomic mass is 9.46. The molecule has 4 rings (SSSR count). The van der Waals surface area contributed by atoms with Crippen molar-refractivity contribution in [3.8, 4) is 0 Å². The first-order chi connectivity index (χ1) is 12.0. The lowest BCUT2D eigenvalue weighted by molar-refractivity contribution is -0.160. The number of rotatable bonds is 3. The molecule has 25 heavy (non-hydrogen) atoms. The largest absolute Gasteiger partial charge is 0.387 e. The smallest absolute Gasteiger partial charge is 0.0882 e. The van der Waals surface area contributed by atoms with Gasteiger partial charge in [0.05, 0.1) is 18.3 Å². The molecule has 0 aromatic rings. The molecule has 4 aliphatic rings. The Labute approximate surface area is 153 Å². The van der Waals surface area contributed by atoms with Crippen molar-refractivity contribution in [2.75, 3.05) is 20.8 Å². The molecule has 3 heteroatoms. The molecule has 0 aliphatic heterocycles. The van der Waals surface area contributed by atoms with Gasteiger partial charge < -0.3 is 14.6 Å². The molecule has 0 unspecified atom stereocenters. The van der Waals surface area contributed by atoms with Gasteiger partial charge in [0.15, 0.2) is 0 Å². The van der Waals surface area contributed by atoms with Crippen LogP contribution < -0.4 is 0 Å². The van der Waals surface area contributed by atoms with E-state index in [9.17, 15) is 5.11 Å². The van der Waals surface area contributed by atoms with Gasteiger partial charge in [0.2, 0.25) is 0 Å². The van der Waals surface area contributed by atoms with E-state index < -0.39 is 5.60 Å². The predicted octanol–water partition coefficient (Wildman–Crippen LogP) is 4.42. The van der Waals surface area contributed by atoms with Gasteiger partial charge in [-0.2, -0.15) is 0 Å². The van der Waals surface area contributed by atoms with Gasteiger partial charge in [-0.25, -0.2) is 0 Å². The van der Waals surface area contributed by atoms with Gasteiger partial charge in [-0.1, -0.05) is 13.3 Å². The maximum Gasteiger partial charge on any atom is 0.0882 e. The Balaban J connectivity index is 1.51. The Hall–Kier alpha value is -0.120. The molecule has 0 saturated heterocycles. The van der Waals surface area contributed by atoms with Gasteiger partial charge in [-0.05, 0) is 92.8 Å². The van der Waals surface area contributed by atoms with Crippen molar-refractivity contribution in [1.82, 2.24) is 0 Å². The summed E-state index contributed by atoms with van der Waals surface area (Å²) in [4.78, 5) is 0. The van der Waals surface area contributed by atoms with Crippen molar-refractivity contribution in [2.45, 2.75) is 82.8 Å². The predicted molar refractivity (Wildman–Crippen MR) is 99.3 cm³/mol. The van der Waals surface area contributed by atoms with Crippen molar-refractivity contribution in [2.24, 2.45) is 35.0 Å². The summed E-state index contributed by atoms with van der Waals surface area (Å²) in [7, 11) is 3.65. The Morgan fingerprint density at radius 2 is 1.72 bits per heavy atom. The van der Waals surface area contributed by atoms with Crippen LogP contribution in [0.4, 0.5) is 0 Å². The fraction of sp³-hybridized carbons (Fsp3) is 1.00. The van der Waals surface area contributed by atoms with Crippen LogP contribution in [-0.2, 0) is 9.47 Å². The summed E-state index contributed by atoms with van der Waals surface area (Å²) >= 11 is 0. The van der Waals surface area contributed by atoms with Gasteiger partial charge in [0.25, 0.3) is 0 Å². The van der Waals surface area contributed by atoms with Crippen molar-refractivity contribution in [3.63, 3.8) is 0 Å². The van der Waals surface area contributed by atoms with E-state index in [1.807, 2.05) is 7.11 Å². The molecule has 4 saturated carbocycles. The molecule has 0 amide bonds. The normalized spacial score (nSPS) is 52.8. The first-order valence-electron chi connectivity index (χ1n) is 10.7. The highest BCUT2D eigenvalue weighted by molar-refractivity contribution is 5.06. The monoisotopic (exact) mass is 350 g/mol. The third-order valence-electron chi connectivity index (χ3n) is 8.96. The molecule has 0 radical (unpaired) electrons. The number of ether oxygens (including phenoxy) is 2. The molecule has 144 valence electrons. The van der Waals surface area contributed by atoms with Crippen molar-refractivity contribution < 1.29 is 14.6 Å². The first-order valence-corrected chi connectivity index (χ1v) is 10.7. The highest BCUT2D eigenvalue weighted by Crippen LogP contribution is 2.62. The molecule has 4 fully saturated rings. The van der Waals surface area contributed by atoms with E-state index in [1.165, 1.54) is 51.4 Å². The minimum atomic E-state index is -0.558. The summed E-state index contributed by atoms with van der Waals surface area (Å²) in [6, 6.07) is 0. The number of hydrogen-bond donors (Lipinski definition) is 1. The van der Waals surface area contributed by atoms with Crippen molar-refractivity contribution >= 4 is 0 Å². The molecule has 0 heterocycles. The molecule has 0 bridgehead atoms. The minimum Gasteiger partial charge on any atom is -0.387 e. The molecule has 0 aromatic heterocycles. The zero-order valence-corrected chi connectivity index (χ0v) is 16.5. The zero-order valence-electron chi connectivity index (χ0n) is 16.5. The van der Waals surface area contributed by atoms with Crippen LogP contribution in [0.25, 0.3) is 0 Å². The van der Waals surface area contributed by atoms with Crippen LogP contribution in [0.2, 0.25) is 0 Å². The Morgan fingerprint density at radius 1 is 0.920 bits per heavy atom. The van der Waals surface area contributed by atoms with E-state index in [-0.39, 0.29) is 0 Å². The summed E-state index contributed by atoms with van der Waals surface area (Å²) in [5.41, 5.74) is -0.148. The van der Waals surface area contributed by atoms with Crippen LogP contribution in [0.1, 0.15) is 71.1 Å². The second-order valence-corrected chi connectivity index (χ2v) is 10.0. The minimum absolute atomic E-state index is 0.409. The third-order valence-corrected chi connectivity index (χ3v) is 8.96. The number of fused-ring (bicyclic) bond motifs is 5. The van der Waals surface area contributed by atoms with E-state index in [0.29, 0.717) is 18.1 Å². The van der Waals surface area contributed by atoms with Crippen LogP contribution in [0.5, 0.6) is 0 Å². The molecular formula is C22H38O3. The van der Waals surface area contributed by atoms with Gasteiger partial charge >= 0.3 is 0 Å². The number of hydrogen-bond acceptors (Lipinski definition) is 3. The van der Waals surface area contributed by atoms with E-state index >= 15 is 0 Å². The van der Waals surface area contributed by atoms with Gasteiger partial charge in [0.1, 0.15) is 0 Å². The Bertz CT molecular complexity index is 480. The summed E-state index contributed by atoms with van der Waals surface area (Å²) < 4.78 is 11.3. The van der Waals surface area contributed by atoms with Crippen LogP contribution in [0.15, 0.2) is 0 Å². The zero-order chi connectivity index (χ0) is 17.7. The first kappa shape index (κ1) is 18.3. The van der Waals surface area contributed by atoms with Crippen molar-refractivity contribution in [1.29, 1.82) is 0 Å². The van der Waals surface area contributed by atoms with E-state index in [2.05, 4.69) is 6.92 Å². The van der Waals surface area contributed by atoms with Gasteiger partial charge in [0, 0.05) is 14.2 Å². The highest BCUT2D eigenvalue weighted by Gasteiger charge is 2.56. The average Bonchev–Trinajstić information content (AvgIpc) is 2.60. The fourth-order valence-corrected chi connectivity index (χ4v) is 7.89. The summed E-state index contributed by atoms with van der Waals surface area (Å²) in [5.74, 6) is 4.25. The molecule has 3 nitrogen and oxygen atoms in total. The molecule has 1 N–H and O–H groups in total. The maximum absolute atomic E-state index is 10.9. The SMILES string of the molecule is COC[C@@]1(O)CC[C@H]2[C@H](CC[C@@H]3[C@@H]2CC[C@]2(C)[C@@H](OC)CCC[C@@H]32)C1. The lowest BCUT2D eigenvalue weighted by Gasteiger charge is -2.60. The average molecular weight is 351 g/mol. The Kier molecular flexibility index (Phi) is 4.96. The van der Waals surface area contributed by atoms with Crippen LogP contribution in [0.3, 0.4) is 0 Å². The van der Waals surface area contributed by atoms with Gasteiger partial charge in [-0.3, -0.25) is 0 Å². The summed E-state index contributed by atoms with van der Waals surface area (Å²) in [6.07, 6.45) is 13.1. The highest BCUT2D eigenvalue weighted by atomic mass is 16.5. The third kappa shape index (κ3) is 2.99. The number of methoxy groups -OCH3 is 2. The summed E-state index contributed by atoms with van der Waals surface area (Å²) in [5, 5.41) is 10.9. The molecule has 4 aliphatic carbocycles. The van der Waals surface area contributed by atoms with Crippen LogP contribution >= 0.6 is 0 Å². The summed E-state index contributed by atoms with van der Waals surface area (Å²) in [6.45, 7) is 3.05. The van der Waals surface area contributed by atoms with E-state index in [1.54, 1.807) is 7.11 Å². The molecule has 0 spiro atoms. The second kappa shape index (κ2) is 6.80. The molecular weight excluding hydrogens is 312 g/mol. The van der Waals surface area contributed by atoms with Crippen LogP contribution in [0, 0.1) is 35.0 Å². The van der Waals surface area contributed by atoms with Gasteiger partial charge in [-0.15, -0.1) is 0 Å². The fourth-order valence-electron chi connectivity index (χ4n) is 7.89. The topological polar surface area (TPSA) is 38.7 Å². The molecule has 0 aromatic carbocycles. The second-order valence-electron chi connectivity index (χ2n) is 10.0. The maximum atomic E-state index is 10.9. The molecule has 8 atom stereocenters. The lowest BCUT2D eigenvalue weighted by Crippen LogP contribution is -2.56. The van der Waals surface area contributed by atoms with E-state index in [0.717, 1.165) is 42.4 Å². The Morgan fingerprint density at radius 3 is 2.48 bits per heavy atom.